The molecule has 2 saturated heterocycles. The van der Waals surface area contributed by atoms with Crippen molar-refractivity contribution in [2.45, 2.75) is 98.7 Å². The van der Waals surface area contributed by atoms with Crippen molar-refractivity contribution in [1.29, 1.82) is 0 Å². The van der Waals surface area contributed by atoms with E-state index in [1.807, 2.05) is 77.9 Å². The lowest BCUT2D eigenvalue weighted by atomic mass is 9.84. The highest BCUT2D eigenvalue weighted by Gasteiger charge is 2.69. The zero-order valence-corrected chi connectivity index (χ0v) is 36.0. The molecule has 2 bridgehead atoms. The zero-order chi connectivity index (χ0) is 41.0. The van der Waals surface area contributed by atoms with E-state index in [0.29, 0.717) is 17.9 Å². The summed E-state index contributed by atoms with van der Waals surface area (Å²) in [5.41, 5.74) is -1.01. The summed E-state index contributed by atoms with van der Waals surface area (Å²) in [4.78, 5) is 42.7. The Kier molecular flexibility index (Phi) is 13.0. The van der Waals surface area contributed by atoms with Crippen molar-refractivity contribution in [3.63, 3.8) is 0 Å². The Morgan fingerprint density at radius 3 is 1.79 bits per heavy atom. The lowest BCUT2D eigenvalue weighted by Gasteiger charge is -2.33. The quantitative estimate of drug-likeness (QED) is 0.0794. The van der Waals surface area contributed by atoms with E-state index >= 15 is 0 Å². The zero-order valence-electron chi connectivity index (χ0n) is 34.4. The molecule has 2 aliphatic heterocycles. The molecule has 2 saturated carbocycles. The molecular formula is C48H56O8S2+2. The van der Waals surface area contributed by atoms with Crippen LogP contribution in [0.5, 0.6) is 11.5 Å². The van der Waals surface area contributed by atoms with E-state index in [1.165, 1.54) is 19.6 Å². The molecule has 10 heteroatoms. The van der Waals surface area contributed by atoms with E-state index in [-0.39, 0.29) is 69.7 Å². The molecule has 4 aliphatic rings. The molecule has 4 fully saturated rings. The van der Waals surface area contributed by atoms with Crippen LogP contribution in [0.25, 0.3) is 0 Å². The maximum Gasteiger partial charge on any atom is 0.316 e. The van der Waals surface area contributed by atoms with Gasteiger partial charge in [0.2, 0.25) is 0 Å². The van der Waals surface area contributed by atoms with Crippen LogP contribution >= 0.6 is 0 Å². The average molecular weight is 825 g/mol. The third-order valence-corrected chi connectivity index (χ3v) is 16.7. The van der Waals surface area contributed by atoms with Gasteiger partial charge in [-0.25, -0.2) is 0 Å². The number of rotatable bonds is 12. The number of esters is 3. The molecule has 6 atom stereocenters. The molecule has 6 unspecified atom stereocenters. The topological polar surface area (TPSA) is 97.4 Å². The van der Waals surface area contributed by atoms with Gasteiger partial charge in [0.05, 0.1) is 34.9 Å². The Hall–Kier alpha value is -4.25. The predicted molar refractivity (Wildman–Crippen MR) is 227 cm³/mol. The van der Waals surface area contributed by atoms with E-state index in [0.717, 1.165) is 37.6 Å². The molecule has 0 amide bonds. The molecular weight excluding hydrogens is 769 g/mol. The molecule has 4 aromatic rings. The van der Waals surface area contributed by atoms with Crippen molar-refractivity contribution >= 4 is 39.7 Å². The highest BCUT2D eigenvalue weighted by Crippen LogP contribution is 2.57. The Bertz CT molecular complexity index is 1970. The van der Waals surface area contributed by atoms with Gasteiger partial charge in [-0.3, -0.25) is 14.4 Å². The summed E-state index contributed by atoms with van der Waals surface area (Å²) in [7, 11) is 0.0416. The molecule has 8 nitrogen and oxygen atoms in total. The molecule has 4 aromatic carbocycles. The summed E-state index contributed by atoms with van der Waals surface area (Å²) in [6.45, 7) is 13.3. The van der Waals surface area contributed by atoms with Crippen molar-refractivity contribution in [2.24, 2.45) is 28.6 Å². The Labute approximate surface area is 349 Å². The Morgan fingerprint density at radius 1 is 0.690 bits per heavy atom. The van der Waals surface area contributed by atoms with E-state index in [2.05, 4.69) is 72.8 Å². The minimum absolute atomic E-state index is 0.0429. The summed E-state index contributed by atoms with van der Waals surface area (Å²) in [5, 5.41) is 0. The minimum atomic E-state index is -0.579. The lowest BCUT2D eigenvalue weighted by Crippen LogP contribution is -2.46. The van der Waals surface area contributed by atoms with E-state index in [9.17, 15) is 14.4 Å². The molecule has 0 radical (unpaired) electrons. The molecule has 8 rings (SSSR count). The molecule has 0 aromatic heterocycles. The largest absolute Gasteiger partial charge is 0.489 e. The second-order valence-corrected chi connectivity index (χ2v) is 21.0. The standard InChI is InChI=1S/C32H33O5S.C16H23O3S/c1-4-32(2,3)31(34)37-29-25-19-24-26(30(33)36-28(24)29)27(25)35-20-15-17-23(18-16-20)38(21-11-7-5-8-12-21)22-13-9-6-10-14-22;1-4-16(2,3)15(17)19-13-5-7-14(8-6-13)20-11-9-18-10-12-20/h5-18,24-29H,4,19H2,1-3H3;5-8H,4,9-12H2,1-3H3/q2*+1. The summed E-state index contributed by atoms with van der Waals surface area (Å²) in [5.74, 6) is 2.60. The van der Waals surface area contributed by atoms with Crippen LogP contribution in [-0.4, -0.2) is 60.9 Å². The SMILES string of the molecule is CCC(C)(C)C(=O)OC1C2CC3C1OC(=O)C3C2Oc1ccc([S+](c2ccccc2)c2ccccc2)cc1.CCC(C)(C)C(=O)Oc1ccc([S+]2CCOCC2)cc1. The van der Waals surface area contributed by atoms with Gasteiger partial charge in [0.25, 0.3) is 0 Å². The van der Waals surface area contributed by atoms with Gasteiger partial charge < -0.3 is 23.7 Å². The van der Waals surface area contributed by atoms with Gasteiger partial charge in [0, 0.05) is 22.7 Å². The Balaban J connectivity index is 0.000000216. The highest BCUT2D eigenvalue weighted by atomic mass is 32.2. The van der Waals surface area contributed by atoms with Crippen LogP contribution in [0.4, 0.5) is 0 Å². The van der Waals surface area contributed by atoms with Crippen molar-refractivity contribution in [3.05, 3.63) is 109 Å². The van der Waals surface area contributed by atoms with Crippen molar-refractivity contribution in [3.8, 4) is 11.5 Å². The molecule has 58 heavy (non-hydrogen) atoms. The maximum absolute atomic E-state index is 12.9. The normalized spacial score (nSPS) is 23.8. The van der Waals surface area contributed by atoms with Crippen LogP contribution < -0.4 is 9.47 Å². The maximum atomic E-state index is 12.9. The van der Waals surface area contributed by atoms with Crippen molar-refractivity contribution < 1.29 is 38.1 Å². The van der Waals surface area contributed by atoms with Gasteiger partial charge in [-0.1, -0.05) is 50.2 Å². The first-order chi connectivity index (χ1) is 27.9. The van der Waals surface area contributed by atoms with Crippen molar-refractivity contribution in [2.75, 3.05) is 24.7 Å². The number of hydrogen-bond donors (Lipinski definition) is 0. The summed E-state index contributed by atoms with van der Waals surface area (Å²) < 4.78 is 29.0. The van der Waals surface area contributed by atoms with Gasteiger partial charge >= 0.3 is 17.9 Å². The number of fused-ring (bicyclic) bond motifs is 1. The van der Waals surface area contributed by atoms with E-state index < -0.39 is 16.9 Å². The first-order valence-electron chi connectivity index (χ1n) is 20.5. The highest BCUT2D eigenvalue weighted by molar-refractivity contribution is 7.97. The van der Waals surface area contributed by atoms with Gasteiger partial charge in [0.1, 0.15) is 47.2 Å². The number of carbonyl (C=O) groups excluding carboxylic acids is 3. The van der Waals surface area contributed by atoms with Crippen LogP contribution in [-0.2, 0) is 50.4 Å². The summed E-state index contributed by atoms with van der Waals surface area (Å²) >= 11 is 0. The monoisotopic (exact) mass is 824 g/mol. The molecule has 306 valence electrons. The van der Waals surface area contributed by atoms with E-state index in [1.54, 1.807) is 0 Å². The van der Waals surface area contributed by atoms with Gasteiger partial charge in [0.15, 0.2) is 19.6 Å². The fraction of sp³-hybridized carbons (Fsp3) is 0.438. The number of benzene rings is 4. The fourth-order valence-electron chi connectivity index (χ4n) is 7.85. The number of carbonyl (C=O) groups is 3. The molecule has 0 N–H and O–H groups in total. The predicted octanol–water partition coefficient (Wildman–Crippen LogP) is 9.10. The van der Waals surface area contributed by atoms with Crippen LogP contribution in [0, 0.1) is 28.6 Å². The number of hydrogen-bond acceptors (Lipinski definition) is 8. The molecule has 2 aliphatic carbocycles. The summed E-state index contributed by atoms with van der Waals surface area (Å²) in [6, 6.07) is 37.2. The fourth-order valence-corrected chi connectivity index (χ4v) is 11.8. The smallest absolute Gasteiger partial charge is 0.316 e. The van der Waals surface area contributed by atoms with Crippen LogP contribution in [0.15, 0.2) is 129 Å². The van der Waals surface area contributed by atoms with Crippen LogP contribution in [0.2, 0.25) is 0 Å². The second-order valence-electron chi connectivity index (χ2n) is 16.7. The minimum Gasteiger partial charge on any atom is -0.489 e. The molecule has 2 heterocycles. The van der Waals surface area contributed by atoms with Crippen LogP contribution in [0.1, 0.15) is 60.8 Å². The summed E-state index contributed by atoms with van der Waals surface area (Å²) in [6.07, 6.45) is 1.07. The van der Waals surface area contributed by atoms with Gasteiger partial charge in [-0.05, 0) is 120 Å². The Morgan fingerprint density at radius 2 is 1.22 bits per heavy atom. The number of ether oxygens (including phenoxy) is 5. The first kappa shape index (κ1) is 41.9. The first-order valence-corrected chi connectivity index (χ1v) is 23.3. The van der Waals surface area contributed by atoms with Gasteiger partial charge in [-0.2, -0.15) is 0 Å². The van der Waals surface area contributed by atoms with E-state index in [4.69, 9.17) is 23.7 Å². The second kappa shape index (κ2) is 17.9. The van der Waals surface area contributed by atoms with Gasteiger partial charge in [-0.15, -0.1) is 0 Å². The van der Waals surface area contributed by atoms with Crippen molar-refractivity contribution in [1.82, 2.24) is 0 Å². The third kappa shape index (κ3) is 8.99. The third-order valence-electron chi connectivity index (χ3n) is 12.2. The molecule has 0 spiro atoms. The average Bonchev–Trinajstić information content (AvgIpc) is 3.87. The lowest BCUT2D eigenvalue weighted by molar-refractivity contribution is -0.172. The van der Waals surface area contributed by atoms with Crippen LogP contribution in [0.3, 0.4) is 0 Å².